The molecule has 2 amide bonds. The molecule has 2 fully saturated rings. The number of nitrogens with zero attached hydrogens (tertiary/aromatic N) is 1. The van der Waals surface area contributed by atoms with Gasteiger partial charge in [-0.3, -0.25) is 4.79 Å². The standard InChI is InChI=1S/C19H26BFN2O5/c1-11-6-7-12(20-27-18(2,3)19(4,5)28-20)8-13(11)16(24)22-15-10-23(17(25)26)9-14(15)21/h6-8,14-15H,9-10H2,1-5H3,(H,22,24)(H,25,26)/t14-,15+/m0/s1. The number of likely N-dealkylation sites (tertiary alicyclic amines) is 1. The van der Waals surface area contributed by atoms with Gasteiger partial charge in [0, 0.05) is 12.1 Å². The third kappa shape index (κ3) is 3.73. The summed E-state index contributed by atoms with van der Waals surface area (Å²) < 4.78 is 26.2. The first-order chi connectivity index (χ1) is 12.9. The van der Waals surface area contributed by atoms with Gasteiger partial charge in [0.25, 0.3) is 5.91 Å². The second kappa shape index (κ2) is 7.04. The monoisotopic (exact) mass is 392 g/mol. The Kier molecular flexibility index (Phi) is 5.18. The number of carbonyl (C=O) groups is 2. The first kappa shape index (κ1) is 20.6. The predicted octanol–water partition coefficient (Wildman–Crippen LogP) is 1.72. The van der Waals surface area contributed by atoms with E-state index in [0.717, 1.165) is 10.5 Å². The SMILES string of the molecule is Cc1ccc(B2OC(C)(C)C(C)(C)O2)cc1C(=O)N[C@@H]1CN(C(=O)O)C[C@@H]1F. The Morgan fingerprint density at radius 2 is 1.82 bits per heavy atom. The number of carboxylic acid groups (broad SMARTS) is 1. The Bertz CT molecular complexity index is 785. The van der Waals surface area contributed by atoms with Crippen molar-refractivity contribution < 1.29 is 28.4 Å². The van der Waals surface area contributed by atoms with Crippen molar-refractivity contribution in [1.82, 2.24) is 10.2 Å². The van der Waals surface area contributed by atoms with E-state index >= 15 is 0 Å². The van der Waals surface area contributed by atoms with E-state index in [-0.39, 0.29) is 13.1 Å². The zero-order valence-electron chi connectivity index (χ0n) is 16.8. The van der Waals surface area contributed by atoms with Crippen LogP contribution >= 0.6 is 0 Å². The van der Waals surface area contributed by atoms with E-state index in [1.807, 2.05) is 33.8 Å². The first-order valence-electron chi connectivity index (χ1n) is 9.30. The highest BCUT2D eigenvalue weighted by Gasteiger charge is 2.51. The Labute approximate surface area is 164 Å². The predicted molar refractivity (Wildman–Crippen MR) is 103 cm³/mol. The van der Waals surface area contributed by atoms with Crippen molar-refractivity contribution in [1.29, 1.82) is 0 Å². The fourth-order valence-electron chi connectivity index (χ4n) is 3.31. The third-order valence-corrected chi connectivity index (χ3v) is 5.87. The molecule has 2 atom stereocenters. The van der Waals surface area contributed by atoms with Crippen molar-refractivity contribution in [2.45, 2.75) is 58.0 Å². The normalized spacial score (nSPS) is 25.8. The van der Waals surface area contributed by atoms with Crippen LogP contribution in [0.15, 0.2) is 18.2 Å². The molecule has 0 radical (unpaired) electrons. The number of hydrogen-bond acceptors (Lipinski definition) is 4. The molecule has 2 saturated heterocycles. The Balaban J connectivity index is 1.77. The van der Waals surface area contributed by atoms with Crippen LogP contribution in [0.25, 0.3) is 0 Å². The van der Waals surface area contributed by atoms with E-state index < -0.39 is 42.5 Å². The van der Waals surface area contributed by atoms with Crippen molar-refractivity contribution in [3.8, 4) is 0 Å². The lowest BCUT2D eigenvalue weighted by Crippen LogP contribution is -2.42. The summed E-state index contributed by atoms with van der Waals surface area (Å²) in [5.41, 5.74) is 0.798. The average molecular weight is 392 g/mol. The van der Waals surface area contributed by atoms with Crippen LogP contribution in [0, 0.1) is 6.92 Å². The van der Waals surface area contributed by atoms with Crippen LogP contribution < -0.4 is 10.8 Å². The number of benzene rings is 1. The molecule has 3 rings (SSSR count). The number of halogens is 1. The van der Waals surface area contributed by atoms with Gasteiger partial charge in [0.15, 0.2) is 0 Å². The van der Waals surface area contributed by atoms with E-state index in [0.29, 0.717) is 11.0 Å². The molecule has 2 aliphatic heterocycles. The molecule has 28 heavy (non-hydrogen) atoms. The Hall–Kier alpha value is -2.13. The smallest absolute Gasteiger partial charge is 0.465 e. The van der Waals surface area contributed by atoms with Gasteiger partial charge in [0.2, 0.25) is 0 Å². The van der Waals surface area contributed by atoms with E-state index in [1.165, 1.54) is 0 Å². The molecule has 0 saturated carbocycles. The second-order valence-electron chi connectivity index (χ2n) is 8.45. The maximum atomic E-state index is 14.1. The highest BCUT2D eigenvalue weighted by molar-refractivity contribution is 6.62. The van der Waals surface area contributed by atoms with Gasteiger partial charge in [0.05, 0.1) is 23.8 Å². The van der Waals surface area contributed by atoms with Gasteiger partial charge in [-0.2, -0.15) is 0 Å². The van der Waals surface area contributed by atoms with Crippen molar-refractivity contribution in [3.05, 3.63) is 29.3 Å². The topological polar surface area (TPSA) is 88.1 Å². The number of rotatable bonds is 3. The molecular formula is C19H26BFN2O5. The molecule has 1 aromatic carbocycles. The molecule has 7 nitrogen and oxygen atoms in total. The molecular weight excluding hydrogens is 366 g/mol. The van der Waals surface area contributed by atoms with Crippen LogP contribution in [0.5, 0.6) is 0 Å². The van der Waals surface area contributed by atoms with Crippen LogP contribution in [-0.2, 0) is 9.31 Å². The molecule has 0 aliphatic carbocycles. The number of alkyl halides is 1. The molecule has 2 aliphatic rings. The van der Waals surface area contributed by atoms with Gasteiger partial charge in [-0.25, -0.2) is 9.18 Å². The lowest BCUT2D eigenvalue weighted by Gasteiger charge is -2.32. The van der Waals surface area contributed by atoms with Crippen LogP contribution in [0.4, 0.5) is 9.18 Å². The van der Waals surface area contributed by atoms with Gasteiger partial charge in [0.1, 0.15) is 6.17 Å². The van der Waals surface area contributed by atoms with Crippen LogP contribution in [0.1, 0.15) is 43.6 Å². The maximum absolute atomic E-state index is 14.1. The molecule has 9 heteroatoms. The van der Waals surface area contributed by atoms with Gasteiger partial charge in [-0.15, -0.1) is 0 Å². The molecule has 0 unspecified atom stereocenters. The summed E-state index contributed by atoms with van der Waals surface area (Å²) in [7, 11) is -0.611. The van der Waals surface area contributed by atoms with E-state index in [2.05, 4.69) is 5.32 Å². The Morgan fingerprint density at radius 3 is 2.36 bits per heavy atom. The van der Waals surface area contributed by atoms with E-state index in [9.17, 15) is 14.0 Å². The summed E-state index contributed by atoms with van der Waals surface area (Å²) in [4.78, 5) is 24.7. The van der Waals surface area contributed by atoms with Gasteiger partial charge in [-0.1, -0.05) is 12.1 Å². The zero-order valence-corrected chi connectivity index (χ0v) is 16.8. The molecule has 0 bridgehead atoms. The number of aryl methyl sites for hydroxylation is 1. The molecule has 2 N–H and O–H groups in total. The summed E-state index contributed by atoms with van der Waals surface area (Å²) in [5.74, 6) is -0.448. The number of hydrogen-bond donors (Lipinski definition) is 2. The summed E-state index contributed by atoms with van der Waals surface area (Å²) in [6, 6.07) is 4.45. The van der Waals surface area contributed by atoms with Crippen LogP contribution in [0.2, 0.25) is 0 Å². The highest BCUT2D eigenvalue weighted by atomic mass is 19.1. The zero-order chi connectivity index (χ0) is 20.9. The third-order valence-electron chi connectivity index (χ3n) is 5.87. The molecule has 152 valence electrons. The van der Waals surface area contributed by atoms with Crippen molar-refractivity contribution in [2.75, 3.05) is 13.1 Å². The number of carbonyl (C=O) groups excluding carboxylic acids is 1. The molecule has 1 aromatic rings. The highest BCUT2D eigenvalue weighted by Crippen LogP contribution is 2.36. The molecule has 2 heterocycles. The number of amides is 2. The summed E-state index contributed by atoms with van der Waals surface area (Å²) in [6.07, 6.45) is -2.63. The maximum Gasteiger partial charge on any atom is 0.494 e. The largest absolute Gasteiger partial charge is 0.494 e. The minimum atomic E-state index is -1.44. The van der Waals surface area contributed by atoms with Gasteiger partial charge >= 0.3 is 13.2 Å². The quantitative estimate of drug-likeness (QED) is 0.765. The van der Waals surface area contributed by atoms with Crippen molar-refractivity contribution in [2.24, 2.45) is 0 Å². The van der Waals surface area contributed by atoms with E-state index in [1.54, 1.807) is 19.1 Å². The minimum Gasteiger partial charge on any atom is -0.465 e. The fourth-order valence-corrected chi connectivity index (χ4v) is 3.31. The van der Waals surface area contributed by atoms with Gasteiger partial charge in [-0.05, 0) is 51.7 Å². The van der Waals surface area contributed by atoms with E-state index in [4.69, 9.17) is 14.4 Å². The molecule has 0 spiro atoms. The second-order valence-corrected chi connectivity index (χ2v) is 8.45. The number of nitrogens with one attached hydrogen (secondary N) is 1. The minimum absolute atomic E-state index is 0.0712. The van der Waals surface area contributed by atoms with Crippen molar-refractivity contribution in [3.63, 3.8) is 0 Å². The van der Waals surface area contributed by atoms with Gasteiger partial charge < -0.3 is 24.6 Å². The summed E-state index contributed by atoms with van der Waals surface area (Å²) in [5, 5.41) is 11.6. The Morgan fingerprint density at radius 1 is 1.21 bits per heavy atom. The average Bonchev–Trinajstić information content (AvgIpc) is 3.04. The first-order valence-corrected chi connectivity index (χ1v) is 9.30. The summed E-state index contributed by atoms with van der Waals surface area (Å²) >= 11 is 0. The van der Waals surface area contributed by atoms with Crippen molar-refractivity contribution >= 4 is 24.6 Å². The lowest BCUT2D eigenvalue weighted by atomic mass is 9.77. The van der Waals surface area contributed by atoms with Crippen LogP contribution in [0.3, 0.4) is 0 Å². The van der Waals surface area contributed by atoms with Crippen LogP contribution in [-0.4, -0.2) is 65.6 Å². The molecule has 0 aromatic heterocycles. The summed E-state index contributed by atoms with van der Waals surface area (Å²) in [6.45, 7) is 9.27. The lowest BCUT2D eigenvalue weighted by molar-refractivity contribution is 0.00578. The fraction of sp³-hybridized carbons (Fsp3) is 0.579.